The fraction of sp³-hybridized carbons (Fsp3) is 0.333. The van der Waals surface area contributed by atoms with Crippen LogP contribution < -0.4 is 0 Å². The van der Waals surface area contributed by atoms with Crippen molar-refractivity contribution in [2.75, 3.05) is 32.4 Å². The molecule has 1 aliphatic heterocycles. The summed E-state index contributed by atoms with van der Waals surface area (Å²) in [5, 5.41) is 0. The van der Waals surface area contributed by atoms with Gasteiger partial charge >= 0.3 is 0 Å². The fourth-order valence-corrected chi connectivity index (χ4v) is 3.55. The summed E-state index contributed by atoms with van der Waals surface area (Å²) in [6.07, 6.45) is 2.56. The van der Waals surface area contributed by atoms with Crippen LogP contribution in [-0.4, -0.2) is 62.5 Å². The Kier molecular flexibility index (Phi) is 4.86. The van der Waals surface area contributed by atoms with Crippen molar-refractivity contribution in [1.82, 2.24) is 9.80 Å². The van der Waals surface area contributed by atoms with Gasteiger partial charge in [0.1, 0.15) is 0 Å². The van der Waals surface area contributed by atoms with Crippen LogP contribution in [-0.2, 0) is 9.84 Å². The minimum Gasteiger partial charge on any atom is -0.459 e. The number of amides is 2. The summed E-state index contributed by atoms with van der Waals surface area (Å²) < 4.78 is 28.6. The van der Waals surface area contributed by atoms with E-state index in [0.717, 1.165) is 11.8 Å². The molecule has 7 nitrogen and oxygen atoms in total. The number of piperazine rings is 1. The van der Waals surface area contributed by atoms with Crippen LogP contribution in [0.5, 0.6) is 0 Å². The molecule has 138 valence electrons. The number of hydrogen-bond donors (Lipinski definition) is 0. The minimum absolute atomic E-state index is 0.123. The van der Waals surface area contributed by atoms with Crippen molar-refractivity contribution in [1.29, 1.82) is 0 Å². The zero-order valence-electron chi connectivity index (χ0n) is 14.6. The highest BCUT2D eigenvalue weighted by molar-refractivity contribution is 7.90. The van der Waals surface area contributed by atoms with Gasteiger partial charge in [0, 0.05) is 38.0 Å². The van der Waals surface area contributed by atoms with E-state index in [-0.39, 0.29) is 22.5 Å². The van der Waals surface area contributed by atoms with Gasteiger partial charge in [0.15, 0.2) is 15.6 Å². The Morgan fingerprint density at radius 2 is 1.62 bits per heavy atom. The Balaban J connectivity index is 1.72. The van der Waals surface area contributed by atoms with Crippen LogP contribution in [0.2, 0.25) is 0 Å². The molecule has 2 amide bonds. The molecular formula is C18H20N2O5S. The van der Waals surface area contributed by atoms with Gasteiger partial charge in [0.05, 0.1) is 11.2 Å². The van der Waals surface area contributed by atoms with E-state index in [0.29, 0.717) is 31.7 Å². The largest absolute Gasteiger partial charge is 0.459 e. The SMILES string of the molecule is Cc1ccc(S(C)(=O)=O)cc1C(=O)N1CCN(C(=O)c2ccco2)CC1. The maximum absolute atomic E-state index is 12.8. The average Bonchev–Trinajstić information content (AvgIpc) is 3.14. The van der Waals surface area contributed by atoms with Gasteiger partial charge in [0.25, 0.3) is 11.8 Å². The predicted octanol–water partition coefficient (Wildman–Crippen LogP) is 1.59. The molecule has 0 aliphatic carbocycles. The number of carbonyl (C=O) groups excluding carboxylic acids is 2. The molecule has 1 aromatic carbocycles. The Morgan fingerprint density at radius 3 is 2.15 bits per heavy atom. The summed E-state index contributed by atoms with van der Waals surface area (Å²) in [7, 11) is -3.39. The number of aryl methyl sites for hydroxylation is 1. The van der Waals surface area contributed by atoms with Crippen LogP contribution in [0.15, 0.2) is 45.9 Å². The summed E-state index contributed by atoms with van der Waals surface area (Å²) in [4.78, 5) is 28.5. The monoisotopic (exact) mass is 376 g/mol. The first-order chi connectivity index (χ1) is 12.3. The van der Waals surface area contributed by atoms with Crippen molar-refractivity contribution in [2.45, 2.75) is 11.8 Å². The highest BCUT2D eigenvalue weighted by Crippen LogP contribution is 2.19. The van der Waals surface area contributed by atoms with E-state index < -0.39 is 9.84 Å². The molecular weight excluding hydrogens is 356 g/mol. The Labute approximate surface area is 152 Å². The Hall–Kier alpha value is -2.61. The molecule has 1 aromatic heterocycles. The lowest BCUT2D eigenvalue weighted by Gasteiger charge is -2.34. The molecule has 0 atom stereocenters. The third kappa shape index (κ3) is 3.65. The number of rotatable bonds is 3. The minimum atomic E-state index is -3.39. The van der Waals surface area contributed by atoms with Gasteiger partial charge in [-0.2, -0.15) is 0 Å². The lowest BCUT2D eigenvalue weighted by molar-refractivity contribution is 0.0517. The molecule has 0 saturated carbocycles. The van der Waals surface area contributed by atoms with Gasteiger partial charge < -0.3 is 14.2 Å². The molecule has 0 unspecified atom stereocenters. The van der Waals surface area contributed by atoms with E-state index in [1.54, 1.807) is 34.9 Å². The van der Waals surface area contributed by atoms with Crippen LogP contribution in [0.3, 0.4) is 0 Å². The van der Waals surface area contributed by atoms with E-state index in [1.165, 1.54) is 18.4 Å². The number of carbonyl (C=O) groups is 2. The summed E-state index contributed by atoms with van der Waals surface area (Å²) >= 11 is 0. The zero-order chi connectivity index (χ0) is 18.9. The van der Waals surface area contributed by atoms with E-state index in [1.807, 2.05) is 0 Å². The van der Waals surface area contributed by atoms with Crippen molar-refractivity contribution >= 4 is 21.7 Å². The standard InChI is InChI=1S/C18H20N2O5S/c1-13-5-6-14(26(2,23)24)12-15(13)17(21)19-7-9-20(10-8-19)18(22)16-4-3-11-25-16/h3-6,11-12H,7-10H2,1-2H3. The van der Waals surface area contributed by atoms with Crippen LogP contribution in [0.1, 0.15) is 26.5 Å². The lowest BCUT2D eigenvalue weighted by atomic mass is 10.1. The topological polar surface area (TPSA) is 87.9 Å². The number of sulfone groups is 1. The Morgan fingerprint density at radius 1 is 1.00 bits per heavy atom. The van der Waals surface area contributed by atoms with Crippen LogP contribution in [0, 0.1) is 6.92 Å². The smallest absolute Gasteiger partial charge is 0.289 e. The second-order valence-corrected chi connectivity index (χ2v) is 8.33. The highest BCUT2D eigenvalue weighted by atomic mass is 32.2. The second-order valence-electron chi connectivity index (χ2n) is 6.31. The second kappa shape index (κ2) is 6.95. The quantitative estimate of drug-likeness (QED) is 0.812. The molecule has 0 N–H and O–H groups in total. The molecule has 1 saturated heterocycles. The highest BCUT2D eigenvalue weighted by Gasteiger charge is 2.27. The van der Waals surface area contributed by atoms with Crippen LogP contribution in [0.25, 0.3) is 0 Å². The summed E-state index contributed by atoms with van der Waals surface area (Å²) in [5.41, 5.74) is 1.09. The van der Waals surface area contributed by atoms with Crippen molar-refractivity contribution in [2.24, 2.45) is 0 Å². The molecule has 0 radical (unpaired) electrons. The third-order valence-electron chi connectivity index (χ3n) is 4.45. The van der Waals surface area contributed by atoms with Crippen LogP contribution >= 0.6 is 0 Å². The first-order valence-corrected chi connectivity index (χ1v) is 10.1. The van der Waals surface area contributed by atoms with Gasteiger partial charge in [-0.1, -0.05) is 6.07 Å². The predicted molar refractivity (Wildman–Crippen MR) is 94.8 cm³/mol. The molecule has 26 heavy (non-hydrogen) atoms. The molecule has 1 fully saturated rings. The molecule has 0 bridgehead atoms. The maximum Gasteiger partial charge on any atom is 0.289 e. The normalized spacial score (nSPS) is 15.2. The first-order valence-electron chi connectivity index (χ1n) is 8.20. The van der Waals surface area contributed by atoms with Gasteiger partial charge in [-0.25, -0.2) is 8.42 Å². The van der Waals surface area contributed by atoms with Crippen molar-refractivity contribution < 1.29 is 22.4 Å². The summed E-state index contributed by atoms with van der Waals surface area (Å²) in [6.45, 7) is 3.34. The summed E-state index contributed by atoms with van der Waals surface area (Å²) in [5.74, 6) is -0.142. The number of furan rings is 1. The maximum atomic E-state index is 12.8. The van der Waals surface area contributed by atoms with E-state index in [4.69, 9.17) is 4.42 Å². The zero-order valence-corrected chi connectivity index (χ0v) is 15.5. The molecule has 8 heteroatoms. The number of benzene rings is 1. The van der Waals surface area contributed by atoms with Crippen LogP contribution in [0.4, 0.5) is 0 Å². The van der Waals surface area contributed by atoms with Gasteiger partial charge in [-0.05, 0) is 36.8 Å². The van der Waals surface area contributed by atoms with E-state index in [9.17, 15) is 18.0 Å². The van der Waals surface area contributed by atoms with Gasteiger partial charge in [-0.15, -0.1) is 0 Å². The van der Waals surface area contributed by atoms with E-state index in [2.05, 4.69) is 0 Å². The van der Waals surface area contributed by atoms with Crippen molar-refractivity contribution in [3.63, 3.8) is 0 Å². The average molecular weight is 376 g/mol. The number of nitrogens with zero attached hydrogens (tertiary/aromatic N) is 2. The lowest BCUT2D eigenvalue weighted by Crippen LogP contribution is -2.50. The van der Waals surface area contributed by atoms with Gasteiger partial charge in [0.2, 0.25) is 0 Å². The van der Waals surface area contributed by atoms with Crippen molar-refractivity contribution in [3.8, 4) is 0 Å². The van der Waals surface area contributed by atoms with Gasteiger partial charge in [-0.3, -0.25) is 9.59 Å². The van der Waals surface area contributed by atoms with Crippen molar-refractivity contribution in [3.05, 3.63) is 53.5 Å². The summed E-state index contributed by atoms with van der Waals surface area (Å²) in [6, 6.07) is 7.83. The molecule has 0 spiro atoms. The molecule has 1 aliphatic rings. The fourth-order valence-electron chi connectivity index (χ4n) is 2.90. The first kappa shape index (κ1) is 18.2. The Bertz CT molecular complexity index is 926. The molecule has 2 heterocycles. The number of hydrogen-bond acceptors (Lipinski definition) is 5. The molecule has 2 aromatic rings. The van der Waals surface area contributed by atoms with E-state index >= 15 is 0 Å². The third-order valence-corrected chi connectivity index (χ3v) is 5.56. The molecule has 3 rings (SSSR count).